The molecule has 0 bridgehead atoms. The van der Waals surface area contributed by atoms with Crippen LogP contribution in [0.25, 0.3) is 110 Å². The number of hydrogen-bond acceptors (Lipinski definition) is 3. The van der Waals surface area contributed by atoms with E-state index in [4.69, 9.17) is 14.4 Å². The van der Waals surface area contributed by atoms with E-state index in [-0.39, 0.29) is 0 Å². The number of rotatable bonds is 3. The molecule has 3 aromatic heterocycles. The van der Waals surface area contributed by atoms with Crippen molar-refractivity contribution in [3.63, 3.8) is 0 Å². The van der Waals surface area contributed by atoms with E-state index in [1.165, 1.54) is 32.7 Å². The van der Waals surface area contributed by atoms with Gasteiger partial charge in [-0.1, -0.05) is 133 Å². The first kappa shape index (κ1) is 28.0. The van der Waals surface area contributed by atoms with Crippen molar-refractivity contribution >= 4 is 76.1 Å². The molecule has 0 amide bonds. The van der Waals surface area contributed by atoms with Gasteiger partial charge in [0.25, 0.3) is 0 Å². The van der Waals surface area contributed by atoms with Crippen LogP contribution in [0.4, 0.5) is 0 Å². The highest BCUT2D eigenvalue weighted by atomic mass is 16.3. The lowest BCUT2D eigenvalue weighted by Gasteiger charge is -2.18. The molecule has 0 fully saturated rings. The van der Waals surface area contributed by atoms with Crippen molar-refractivity contribution < 1.29 is 4.42 Å². The first-order chi connectivity index (χ1) is 25.3. The Morgan fingerprint density at radius 3 is 1.57 bits per heavy atom. The summed E-state index contributed by atoms with van der Waals surface area (Å²) in [5.74, 6) is 0. The summed E-state index contributed by atoms with van der Waals surface area (Å²) < 4.78 is 6.39. The topological polar surface area (TPSA) is 38.9 Å². The molecule has 3 heterocycles. The van der Waals surface area contributed by atoms with Crippen molar-refractivity contribution in [3.05, 3.63) is 170 Å². The lowest BCUT2D eigenvalue weighted by Crippen LogP contribution is -1.94. The summed E-state index contributed by atoms with van der Waals surface area (Å²) in [6.45, 7) is 0. The number of fused-ring (bicyclic) bond motifs is 10. The fourth-order valence-electron chi connectivity index (χ4n) is 8.06. The maximum absolute atomic E-state index is 6.39. The monoisotopic (exact) mass is 648 g/mol. The van der Waals surface area contributed by atoms with Gasteiger partial charge in [0.1, 0.15) is 11.2 Å². The number of benzene rings is 8. The largest absolute Gasteiger partial charge is 0.455 e. The first-order valence-electron chi connectivity index (χ1n) is 17.3. The summed E-state index contributed by atoms with van der Waals surface area (Å²) in [4.78, 5) is 10.6. The molecule has 8 aromatic carbocycles. The van der Waals surface area contributed by atoms with E-state index >= 15 is 0 Å². The smallest absolute Gasteiger partial charge is 0.143 e. The minimum absolute atomic E-state index is 0.909. The predicted molar refractivity (Wildman–Crippen MR) is 213 cm³/mol. The predicted octanol–water partition coefficient (Wildman–Crippen LogP) is 13.1. The molecule has 0 aliphatic heterocycles. The van der Waals surface area contributed by atoms with Gasteiger partial charge in [-0.15, -0.1) is 0 Å². The van der Waals surface area contributed by atoms with Gasteiger partial charge < -0.3 is 4.42 Å². The van der Waals surface area contributed by atoms with E-state index in [0.29, 0.717) is 0 Å². The standard InChI is InChI=1S/C48H28N2O/c1-2-10-29(11-3-1)41-26-22-30-18-19-31-23-27-42(50-47(31)46(30)49-41)45-38-15-6-4-13-36(38)44(37-14-5-7-16-39(37)45)33-21-24-34-32(28-33)20-25-40-35-12-8-9-17-43(35)51-48(34)40/h1-28H. The summed E-state index contributed by atoms with van der Waals surface area (Å²) in [5, 5.41) is 11.4. The molecular weight excluding hydrogens is 621 g/mol. The third-order valence-electron chi connectivity index (χ3n) is 10.4. The second-order valence-electron chi connectivity index (χ2n) is 13.3. The van der Waals surface area contributed by atoms with Crippen molar-refractivity contribution in [2.45, 2.75) is 0 Å². The Morgan fingerprint density at radius 1 is 0.333 bits per heavy atom. The van der Waals surface area contributed by atoms with E-state index in [9.17, 15) is 0 Å². The molecule has 11 rings (SSSR count). The van der Waals surface area contributed by atoms with Crippen LogP contribution in [0, 0.1) is 0 Å². The van der Waals surface area contributed by atoms with Gasteiger partial charge in [0.05, 0.1) is 22.4 Å². The average Bonchev–Trinajstić information content (AvgIpc) is 3.59. The zero-order valence-corrected chi connectivity index (χ0v) is 27.5. The summed E-state index contributed by atoms with van der Waals surface area (Å²) in [7, 11) is 0. The number of nitrogens with zero attached hydrogens (tertiary/aromatic N) is 2. The Balaban J connectivity index is 1.15. The summed E-state index contributed by atoms with van der Waals surface area (Å²) in [6, 6.07) is 60.2. The number of hydrogen-bond donors (Lipinski definition) is 0. The minimum Gasteiger partial charge on any atom is -0.455 e. The Morgan fingerprint density at radius 2 is 0.863 bits per heavy atom. The van der Waals surface area contributed by atoms with Crippen LogP contribution in [0.1, 0.15) is 0 Å². The van der Waals surface area contributed by atoms with Gasteiger partial charge in [0.15, 0.2) is 0 Å². The second kappa shape index (κ2) is 10.8. The van der Waals surface area contributed by atoms with Crippen LogP contribution >= 0.6 is 0 Å². The molecule has 11 aromatic rings. The van der Waals surface area contributed by atoms with Crippen LogP contribution in [0.5, 0.6) is 0 Å². The first-order valence-corrected chi connectivity index (χ1v) is 17.3. The Bertz CT molecular complexity index is 3140. The average molecular weight is 649 g/mol. The number of pyridine rings is 2. The van der Waals surface area contributed by atoms with Crippen molar-refractivity contribution in [1.82, 2.24) is 9.97 Å². The molecule has 236 valence electrons. The summed E-state index contributed by atoms with van der Waals surface area (Å²) in [5.41, 5.74) is 10.2. The van der Waals surface area contributed by atoms with Crippen LogP contribution < -0.4 is 0 Å². The molecule has 0 aliphatic rings. The highest BCUT2D eigenvalue weighted by molar-refractivity contribution is 6.22. The Hall–Kier alpha value is -6.84. The lowest BCUT2D eigenvalue weighted by atomic mass is 9.86. The third kappa shape index (κ3) is 4.25. The molecule has 0 aliphatic carbocycles. The van der Waals surface area contributed by atoms with Crippen molar-refractivity contribution in [1.29, 1.82) is 0 Å². The van der Waals surface area contributed by atoms with Gasteiger partial charge in [-0.2, -0.15) is 0 Å². The van der Waals surface area contributed by atoms with Crippen LogP contribution in [-0.4, -0.2) is 9.97 Å². The van der Waals surface area contributed by atoms with Gasteiger partial charge in [-0.05, 0) is 74.5 Å². The van der Waals surface area contributed by atoms with Crippen LogP contribution in [0.15, 0.2) is 174 Å². The Kier molecular flexibility index (Phi) is 5.96. The van der Waals surface area contributed by atoms with Gasteiger partial charge >= 0.3 is 0 Å². The summed E-state index contributed by atoms with van der Waals surface area (Å²) >= 11 is 0. The second-order valence-corrected chi connectivity index (χ2v) is 13.3. The summed E-state index contributed by atoms with van der Waals surface area (Å²) in [6.07, 6.45) is 0. The van der Waals surface area contributed by atoms with E-state index in [2.05, 4.69) is 152 Å². The zero-order chi connectivity index (χ0) is 33.5. The highest BCUT2D eigenvalue weighted by Crippen LogP contribution is 2.45. The number of para-hydroxylation sites is 1. The molecule has 0 N–H and O–H groups in total. The normalized spacial score (nSPS) is 11.9. The zero-order valence-electron chi connectivity index (χ0n) is 27.5. The fourth-order valence-corrected chi connectivity index (χ4v) is 8.06. The SMILES string of the molecule is c1ccc(-c2ccc3ccc4ccc(-c5c6ccccc6c(-c6ccc7c(ccc8c9ccccc9oc78)c6)c6ccccc56)nc4c3n2)cc1. The van der Waals surface area contributed by atoms with E-state index in [0.717, 1.165) is 77.0 Å². The maximum Gasteiger partial charge on any atom is 0.143 e. The van der Waals surface area contributed by atoms with E-state index in [1.54, 1.807) is 0 Å². The van der Waals surface area contributed by atoms with Crippen molar-refractivity contribution in [2.24, 2.45) is 0 Å². The van der Waals surface area contributed by atoms with Gasteiger partial charge in [-0.25, -0.2) is 9.97 Å². The van der Waals surface area contributed by atoms with Crippen molar-refractivity contribution in [2.75, 3.05) is 0 Å². The molecule has 51 heavy (non-hydrogen) atoms. The van der Waals surface area contributed by atoms with Gasteiger partial charge in [-0.3, -0.25) is 0 Å². The van der Waals surface area contributed by atoms with Crippen LogP contribution in [-0.2, 0) is 0 Å². The molecule has 3 heteroatoms. The molecule has 0 unspecified atom stereocenters. The maximum atomic E-state index is 6.39. The molecule has 0 atom stereocenters. The number of furan rings is 1. The molecule has 0 saturated heterocycles. The van der Waals surface area contributed by atoms with E-state index in [1.807, 2.05) is 18.2 Å². The quantitative estimate of drug-likeness (QED) is 0.141. The van der Waals surface area contributed by atoms with E-state index < -0.39 is 0 Å². The van der Waals surface area contributed by atoms with Crippen LogP contribution in [0.3, 0.4) is 0 Å². The third-order valence-corrected chi connectivity index (χ3v) is 10.4. The molecule has 0 spiro atoms. The van der Waals surface area contributed by atoms with Gasteiger partial charge in [0, 0.05) is 38.1 Å². The highest BCUT2D eigenvalue weighted by Gasteiger charge is 2.19. The van der Waals surface area contributed by atoms with Crippen molar-refractivity contribution in [3.8, 4) is 33.6 Å². The molecule has 3 nitrogen and oxygen atoms in total. The molecular formula is C48H28N2O. The molecule has 0 radical (unpaired) electrons. The Labute approximate surface area is 293 Å². The van der Waals surface area contributed by atoms with Gasteiger partial charge in [0.2, 0.25) is 0 Å². The number of aromatic nitrogens is 2. The lowest BCUT2D eigenvalue weighted by molar-refractivity contribution is 0.672. The van der Waals surface area contributed by atoms with Crippen LogP contribution in [0.2, 0.25) is 0 Å². The fraction of sp³-hybridized carbons (Fsp3) is 0. The minimum atomic E-state index is 0.909. The molecule has 0 saturated carbocycles.